The molecule has 0 saturated heterocycles. The second kappa shape index (κ2) is 4.06. The Labute approximate surface area is 105 Å². The van der Waals surface area contributed by atoms with Crippen molar-refractivity contribution in [2.75, 3.05) is 0 Å². The third-order valence-corrected chi connectivity index (χ3v) is 3.32. The van der Waals surface area contributed by atoms with Crippen molar-refractivity contribution in [2.45, 2.75) is 12.6 Å². The fourth-order valence-corrected chi connectivity index (χ4v) is 2.37. The van der Waals surface area contributed by atoms with Crippen LogP contribution in [0.4, 0.5) is 0 Å². The molecule has 0 spiro atoms. The van der Waals surface area contributed by atoms with Gasteiger partial charge in [0.1, 0.15) is 12.4 Å². The monoisotopic (exact) mass is 245 g/mol. The summed E-state index contributed by atoms with van der Waals surface area (Å²) in [5, 5.41) is 0.683. The predicted octanol–water partition coefficient (Wildman–Crippen LogP) is 3.28. The highest BCUT2D eigenvalue weighted by molar-refractivity contribution is 6.30. The Bertz CT molecular complexity index is 568. The van der Waals surface area contributed by atoms with Gasteiger partial charge in [-0.2, -0.15) is 0 Å². The molecule has 2 nitrogen and oxygen atoms in total. The summed E-state index contributed by atoms with van der Waals surface area (Å²) in [5.74, 6) is 0.818. The molecule has 0 fully saturated rings. The third-order valence-electron chi connectivity index (χ3n) is 3.08. The zero-order valence-electron chi connectivity index (χ0n) is 9.19. The molecule has 1 aliphatic rings. The van der Waals surface area contributed by atoms with E-state index in [9.17, 15) is 0 Å². The second-order valence-electron chi connectivity index (χ2n) is 4.15. The Morgan fingerprint density at radius 3 is 2.82 bits per heavy atom. The van der Waals surface area contributed by atoms with Crippen LogP contribution in [0.1, 0.15) is 22.7 Å². The van der Waals surface area contributed by atoms with Crippen molar-refractivity contribution < 1.29 is 4.74 Å². The molecule has 2 aromatic rings. The first-order chi connectivity index (χ1) is 8.25. The Morgan fingerprint density at radius 2 is 1.94 bits per heavy atom. The van der Waals surface area contributed by atoms with E-state index in [1.807, 2.05) is 42.5 Å². The third kappa shape index (κ3) is 1.79. The SMILES string of the molecule is N[C@H]1c2ccccc2COc2ccc(Cl)cc21. The summed E-state index contributed by atoms with van der Waals surface area (Å²) in [4.78, 5) is 0. The van der Waals surface area contributed by atoms with Gasteiger partial charge in [0, 0.05) is 10.6 Å². The number of halogens is 1. The molecule has 0 aromatic heterocycles. The Hall–Kier alpha value is -1.51. The maximum atomic E-state index is 6.29. The highest BCUT2D eigenvalue weighted by Gasteiger charge is 2.21. The van der Waals surface area contributed by atoms with Crippen LogP contribution in [-0.4, -0.2) is 0 Å². The lowest BCUT2D eigenvalue weighted by Gasteiger charge is -2.13. The number of hydrogen-bond acceptors (Lipinski definition) is 2. The number of nitrogens with two attached hydrogens (primary N) is 1. The molecule has 1 atom stereocenters. The maximum Gasteiger partial charge on any atom is 0.125 e. The standard InChI is InChI=1S/C14H12ClNO/c15-10-5-6-13-12(7-10)14(16)11-4-2-1-3-9(11)8-17-13/h1-7,14H,8,16H2/t14-/m0/s1. The molecule has 17 heavy (non-hydrogen) atoms. The van der Waals surface area contributed by atoms with Gasteiger partial charge in [-0.25, -0.2) is 0 Å². The first kappa shape index (κ1) is 10.6. The van der Waals surface area contributed by atoms with Gasteiger partial charge >= 0.3 is 0 Å². The lowest BCUT2D eigenvalue weighted by molar-refractivity contribution is 0.307. The maximum absolute atomic E-state index is 6.29. The highest BCUT2D eigenvalue weighted by Crippen LogP contribution is 2.35. The minimum absolute atomic E-state index is 0.178. The van der Waals surface area contributed by atoms with Gasteiger partial charge in [0.05, 0.1) is 6.04 Å². The van der Waals surface area contributed by atoms with Gasteiger partial charge in [0.15, 0.2) is 0 Å². The topological polar surface area (TPSA) is 35.2 Å². The van der Waals surface area contributed by atoms with E-state index in [0.29, 0.717) is 11.6 Å². The summed E-state index contributed by atoms with van der Waals surface area (Å²) in [5.41, 5.74) is 9.47. The summed E-state index contributed by atoms with van der Waals surface area (Å²) < 4.78 is 5.76. The zero-order chi connectivity index (χ0) is 11.8. The lowest BCUT2D eigenvalue weighted by atomic mass is 9.96. The summed E-state index contributed by atoms with van der Waals surface area (Å²) in [6.07, 6.45) is 0. The van der Waals surface area contributed by atoms with Crippen LogP contribution < -0.4 is 10.5 Å². The molecule has 0 bridgehead atoms. The normalized spacial score (nSPS) is 17.6. The Morgan fingerprint density at radius 1 is 1.12 bits per heavy atom. The summed E-state index contributed by atoms with van der Waals surface area (Å²) in [6, 6.07) is 13.5. The minimum atomic E-state index is -0.178. The van der Waals surface area contributed by atoms with Crippen molar-refractivity contribution in [1.29, 1.82) is 0 Å². The zero-order valence-corrected chi connectivity index (χ0v) is 9.95. The van der Waals surface area contributed by atoms with E-state index in [1.165, 1.54) is 0 Å². The van der Waals surface area contributed by atoms with Crippen LogP contribution >= 0.6 is 11.6 Å². The van der Waals surface area contributed by atoms with Gasteiger partial charge in [0.2, 0.25) is 0 Å². The molecule has 1 heterocycles. The van der Waals surface area contributed by atoms with Crippen LogP contribution in [0.15, 0.2) is 42.5 Å². The van der Waals surface area contributed by atoms with Crippen molar-refractivity contribution in [1.82, 2.24) is 0 Å². The summed E-state index contributed by atoms with van der Waals surface area (Å²) >= 11 is 6.01. The van der Waals surface area contributed by atoms with Crippen LogP contribution in [-0.2, 0) is 6.61 Å². The van der Waals surface area contributed by atoms with E-state index < -0.39 is 0 Å². The number of rotatable bonds is 0. The predicted molar refractivity (Wildman–Crippen MR) is 68.3 cm³/mol. The minimum Gasteiger partial charge on any atom is -0.489 e. The van der Waals surface area contributed by atoms with Gasteiger partial charge in [-0.05, 0) is 29.3 Å². The molecule has 3 rings (SSSR count). The van der Waals surface area contributed by atoms with Gasteiger partial charge in [0.25, 0.3) is 0 Å². The summed E-state index contributed by atoms with van der Waals surface area (Å²) in [7, 11) is 0. The van der Waals surface area contributed by atoms with Crippen LogP contribution in [0.5, 0.6) is 5.75 Å². The van der Waals surface area contributed by atoms with Crippen LogP contribution in [0, 0.1) is 0 Å². The van der Waals surface area contributed by atoms with E-state index in [4.69, 9.17) is 22.1 Å². The van der Waals surface area contributed by atoms with Gasteiger partial charge in [-0.1, -0.05) is 35.9 Å². The van der Waals surface area contributed by atoms with E-state index in [2.05, 4.69) is 0 Å². The van der Waals surface area contributed by atoms with E-state index in [0.717, 1.165) is 22.4 Å². The van der Waals surface area contributed by atoms with E-state index >= 15 is 0 Å². The van der Waals surface area contributed by atoms with Crippen LogP contribution in [0.2, 0.25) is 5.02 Å². The van der Waals surface area contributed by atoms with Gasteiger partial charge in [-0.3, -0.25) is 0 Å². The fourth-order valence-electron chi connectivity index (χ4n) is 2.19. The quantitative estimate of drug-likeness (QED) is 0.773. The second-order valence-corrected chi connectivity index (χ2v) is 4.58. The van der Waals surface area contributed by atoms with Crippen molar-refractivity contribution in [2.24, 2.45) is 5.73 Å². The number of fused-ring (bicyclic) bond motifs is 2. The molecule has 0 amide bonds. The molecule has 86 valence electrons. The van der Waals surface area contributed by atoms with Crippen molar-refractivity contribution >= 4 is 11.6 Å². The molecule has 0 saturated carbocycles. The van der Waals surface area contributed by atoms with Crippen molar-refractivity contribution in [3.63, 3.8) is 0 Å². The number of benzene rings is 2. The first-order valence-corrected chi connectivity index (χ1v) is 5.89. The van der Waals surface area contributed by atoms with Crippen LogP contribution in [0.3, 0.4) is 0 Å². The molecular formula is C14H12ClNO. The molecular weight excluding hydrogens is 234 g/mol. The Balaban J connectivity index is 2.18. The highest BCUT2D eigenvalue weighted by atomic mass is 35.5. The van der Waals surface area contributed by atoms with E-state index in [1.54, 1.807) is 0 Å². The molecule has 1 aliphatic heterocycles. The molecule has 2 aromatic carbocycles. The molecule has 0 unspecified atom stereocenters. The van der Waals surface area contributed by atoms with E-state index in [-0.39, 0.29) is 6.04 Å². The lowest BCUT2D eigenvalue weighted by Crippen LogP contribution is -2.12. The smallest absolute Gasteiger partial charge is 0.125 e. The molecule has 0 radical (unpaired) electrons. The summed E-state index contributed by atoms with van der Waals surface area (Å²) in [6.45, 7) is 0.554. The number of hydrogen-bond donors (Lipinski definition) is 1. The number of ether oxygens (including phenoxy) is 1. The molecule has 2 N–H and O–H groups in total. The average molecular weight is 246 g/mol. The Kier molecular flexibility index (Phi) is 2.54. The van der Waals surface area contributed by atoms with Crippen molar-refractivity contribution in [3.05, 3.63) is 64.2 Å². The first-order valence-electron chi connectivity index (χ1n) is 5.51. The fraction of sp³-hybridized carbons (Fsp3) is 0.143. The molecule has 0 aliphatic carbocycles. The van der Waals surface area contributed by atoms with Gasteiger partial charge < -0.3 is 10.5 Å². The van der Waals surface area contributed by atoms with Crippen LogP contribution in [0.25, 0.3) is 0 Å². The largest absolute Gasteiger partial charge is 0.489 e. The average Bonchev–Trinajstić information content (AvgIpc) is 2.49. The molecule has 3 heteroatoms. The van der Waals surface area contributed by atoms with Gasteiger partial charge in [-0.15, -0.1) is 0 Å². The van der Waals surface area contributed by atoms with Crippen molar-refractivity contribution in [3.8, 4) is 5.75 Å².